The molecule has 2 heterocycles. The lowest BCUT2D eigenvalue weighted by Crippen LogP contribution is -2.46. The largest absolute Gasteiger partial charge is 0.480 e. The summed E-state index contributed by atoms with van der Waals surface area (Å²) in [5, 5.41) is 13.6. The number of aromatic nitrogens is 2. The number of hydrogen-bond acceptors (Lipinski definition) is 5. The SMILES string of the molecule is CC(C)(NCc1cc(=O)n2ccsc2n1)C(=O)O. The highest BCUT2D eigenvalue weighted by atomic mass is 32.1. The first kappa shape index (κ1) is 12.7. The molecule has 0 fully saturated rings. The zero-order valence-electron chi connectivity index (χ0n) is 10.0. The van der Waals surface area contributed by atoms with Crippen LogP contribution in [-0.2, 0) is 11.3 Å². The standard InChI is InChI=1S/C11H13N3O3S/c1-11(2,9(16)17)12-6-7-5-8(15)14-3-4-18-10(14)13-7/h3-5,12H,6H2,1-2H3,(H,16,17). The monoisotopic (exact) mass is 267 g/mol. The van der Waals surface area contributed by atoms with Crippen molar-refractivity contribution in [3.63, 3.8) is 0 Å². The predicted molar refractivity (Wildman–Crippen MR) is 67.9 cm³/mol. The molecule has 7 heteroatoms. The van der Waals surface area contributed by atoms with Crippen LogP contribution in [0.4, 0.5) is 0 Å². The molecule has 0 aliphatic carbocycles. The van der Waals surface area contributed by atoms with E-state index in [4.69, 9.17) is 5.11 Å². The molecule has 2 aromatic rings. The Hall–Kier alpha value is -1.73. The molecule has 2 rings (SSSR count). The zero-order valence-corrected chi connectivity index (χ0v) is 10.8. The average molecular weight is 267 g/mol. The van der Waals surface area contributed by atoms with Crippen molar-refractivity contribution in [1.29, 1.82) is 0 Å². The van der Waals surface area contributed by atoms with E-state index in [1.165, 1.54) is 21.8 Å². The van der Waals surface area contributed by atoms with Gasteiger partial charge in [0.2, 0.25) is 0 Å². The van der Waals surface area contributed by atoms with Gasteiger partial charge in [-0.1, -0.05) is 0 Å². The van der Waals surface area contributed by atoms with E-state index >= 15 is 0 Å². The van der Waals surface area contributed by atoms with Crippen LogP contribution in [0, 0.1) is 0 Å². The average Bonchev–Trinajstić information content (AvgIpc) is 2.75. The maximum Gasteiger partial charge on any atom is 0.323 e. The minimum atomic E-state index is -1.05. The number of hydrogen-bond donors (Lipinski definition) is 2. The minimum absolute atomic E-state index is 0.161. The number of fused-ring (bicyclic) bond motifs is 1. The molecule has 18 heavy (non-hydrogen) atoms. The summed E-state index contributed by atoms with van der Waals surface area (Å²) in [5.74, 6) is -0.948. The van der Waals surface area contributed by atoms with Gasteiger partial charge >= 0.3 is 5.97 Å². The summed E-state index contributed by atoms with van der Waals surface area (Å²) in [6.45, 7) is 3.36. The molecule has 0 aliphatic rings. The quantitative estimate of drug-likeness (QED) is 0.852. The number of nitrogens with zero attached hydrogens (tertiary/aromatic N) is 2. The Morgan fingerprint density at radius 3 is 3.00 bits per heavy atom. The third-order valence-corrected chi connectivity index (χ3v) is 3.36. The molecule has 0 bridgehead atoms. The Balaban J connectivity index is 2.22. The molecule has 2 N–H and O–H groups in total. The van der Waals surface area contributed by atoms with E-state index in [-0.39, 0.29) is 12.1 Å². The highest BCUT2D eigenvalue weighted by molar-refractivity contribution is 7.15. The van der Waals surface area contributed by atoms with E-state index in [1.54, 1.807) is 25.4 Å². The van der Waals surface area contributed by atoms with Crippen LogP contribution >= 0.6 is 11.3 Å². The van der Waals surface area contributed by atoms with Crippen molar-refractivity contribution in [2.75, 3.05) is 0 Å². The van der Waals surface area contributed by atoms with Gasteiger partial charge in [0, 0.05) is 24.2 Å². The molecule has 2 aromatic heterocycles. The number of rotatable bonds is 4. The molecule has 0 saturated carbocycles. The van der Waals surface area contributed by atoms with Crippen LogP contribution in [0.25, 0.3) is 4.96 Å². The number of carboxylic acids is 1. The lowest BCUT2D eigenvalue weighted by molar-refractivity contribution is -0.143. The van der Waals surface area contributed by atoms with E-state index in [9.17, 15) is 9.59 Å². The summed E-state index contributed by atoms with van der Waals surface area (Å²) in [7, 11) is 0. The van der Waals surface area contributed by atoms with Gasteiger partial charge < -0.3 is 5.11 Å². The fraction of sp³-hybridized carbons (Fsp3) is 0.364. The third-order valence-electron chi connectivity index (χ3n) is 2.60. The smallest absolute Gasteiger partial charge is 0.323 e. The van der Waals surface area contributed by atoms with Gasteiger partial charge in [-0.3, -0.25) is 19.3 Å². The van der Waals surface area contributed by atoms with Crippen molar-refractivity contribution >= 4 is 22.3 Å². The summed E-state index contributed by atoms with van der Waals surface area (Å²) < 4.78 is 1.45. The minimum Gasteiger partial charge on any atom is -0.480 e. The van der Waals surface area contributed by atoms with Crippen molar-refractivity contribution in [2.45, 2.75) is 25.9 Å². The molecular formula is C11H13N3O3S. The topological polar surface area (TPSA) is 83.7 Å². The molecule has 0 unspecified atom stereocenters. The van der Waals surface area contributed by atoms with Gasteiger partial charge in [0.05, 0.1) is 5.69 Å². The summed E-state index contributed by atoms with van der Waals surface area (Å²) in [6, 6.07) is 1.41. The van der Waals surface area contributed by atoms with Gasteiger partial charge in [0.15, 0.2) is 4.96 Å². The van der Waals surface area contributed by atoms with E-state index in [0.29, 0.717) is 10.7 Å². The highest BCUT2D eigenvalue weighted by Gasteiger charge is 2.26. The second kappa shape index (κ2) is 4.51. The molecule has 0 aliphatic heterocycles. The van der Waals surface area contributed by atoms with Crippen molar-refractivity contribution in [1.82, 2.24) is 14.7 Å². The summed E-state index contributed by atoms with van der Waals surface area (Å²) in [6.07, 6.45) is 1.66. The number of aliphatic carboxylic acids is 1. The second-order valence-corrected chi connectivity index (χ2v) is 5.30. The van der Waals surface area contributed by atoms with Gasteiger partial charge in [-0.15, -0.1) is 11.3 Å². The number of carboxylic acid groups (broad SMARTS) is 1. The van der Waals surface area contributed by atoms with Crippen molar-refractivity contribution in [3.05, 3.63) is 33.7 Å². The fourth-order valence-corrected chi connectivity index (χ4v) is 2.10. The van der Waals surface area contributed by atoms with Crippen LogP contribution in [-0.4, -0.2) is 26.0 Å². The van der Waals surface area contributed by atoms with Crippen LogP contribution in [0.1, 0.15) is 19.5 Å². The molecule has 0 saturated heterocycles. The highest BCUT2D eigenvalue weighted by Crippen LogP contribution is 2.08. The number of thiazole rings is 1. The number of carbonyl (C=O) groups is 1. The van der Waals surface area contributed by atoms with E-state index in [1.807, 2.05) is 0 Å². The first-order valence-corrected chi connectivity index (χ1v) is 6.22. The van der Waals surface area contributed by atoms with Crippen LogP contribution in [0.2, 0.25) is 0 Å². The second-order valence-electron chi connectivity index (χ2n) is 4.43. The van der Waals surface area contributed by atoms with Crippen molar-refractivity contribution in [2.24, 2.45) is 0 Å². The third kappa shape index (κ3) is 2.41. The Kier molecular flexibility index (Phi) is 3.18. The van der Waals surface area contributed by atoms with Gasteiger partial charge in [-0.05, 0) is 13.8 Å². The molecule has 0 spiro atoms. The Labute approximate surface area is 107 Å². The molecule has 0 radical (unpaired) electrons. The van der Waals surface area contributed by atoms with Crippen LogP contribution < -0.4 is 10.9 Å². The molecule has 96 valence electrons. The maximum absolute atomic E-state index is 11.7. The van der Waals surface area contributed by atoms with E-state index in [0.717, 1.165) is 0 Å². The van der Waals surface area contributed by atoms with Crippen molar-refractivity contribution in [3.8, 4) is 0 Å². The van der Waals surface area contributed by atoms with Crippen LogP contribution in [0.3, 0.4) is 0 Å². The maximum atomic E-state index is 11.7. The Bertz CT molecular complexity index is 644. The van der Waals surface area contributed by atoms with E-state index in [2.05, 4.69) is 10.3 Å². The first-order chi connectivity index (χ1) is 8.40. The zero-order chi connectivity index (χ0) is 13.3. The van der Waals surface area contributed by atoms with Crippen molar-refractivity contribution < 1.29 is 9.90 Å². The lowest BCUT2D eigenvalue weighted by atomic mass is 10.1. The molecule has 6 nitrogen and oxygen atoms in total. The Morgan fingerprint density at radius 2 is 2.33 bits per heavy atom. The van der Waals surface area contributed by atoms with Crippen LogP contribution in [0.15, 0.2) is 22.4 Å². The van der Waals surface area contributed by atoms with Gasteiger partial charge in [0.25, 0.3) is 5.56 Å². The van der Waals surface area contributed by atoms with Crippen LogP contribution in [0.5, 0.6) is 0 Å². The predicted octanol–water partition coefficient (Wildman–Crippen LogP) is 0.709. The summed E-state index contributed by atoms with van der Waals surface area (Å²) >= 11 is 1.36. The van der Waals surface area contributed by atoms with Gasteiger partial charge in [-0.25, -0.2) is 4.98 Å². The van der Waals surface area contributed by atoms with E-state index < -0.39 is 11.5 Å². The normalized spacial score (nSPS) is 11.9. The summed E-state index contributed by atoms with van der Waals surface area (Å²) in [5.41, 5.74) is -0.676. The molecule has 0 aromatic carbocycles. The van der Waals surface area contributed by atoms with Gasteiger partial charge in [0.1, 0.15) is 5.54 Å². The molecule has 0 atom stereocenters. The Morgan fingerprint density at radius 1 is 1.61 bits per heavy atom. The van der Waals surface area contributed by atoms with Gasteiger partial charge in [-0.2, -0.15) is 0 Å². The lowest BCUT2D eigenvalue weighted by Gasteiger charge is -2.20. The summed E-state index contributed by atoms with van der Waals surface area (Å²) in [4.78, 5) is 27.5. The molecule has 0 amide bonds. The molecular weight excluding hydrogens is 254 g/mol. The number of nitrogens with one attached hydrogen (secondary N) is 1. The fourth-order valence-electron chi connectivity index (χ4n) is 1.37. The first-order valence-electron chi connectivity index (χ1n) is 5.34.